The molecular formula is C13H15BrN4. The molecule has 2 aromatic rings. The van der Waals surface area contributed by atoms with Crippen LogP contribution in [0.2, 0.25) is 0 Å². The third-order valence-corrected chi connectivity index (χ3v) is 3.90. The summed E-state index contributed by atoms with van der Waals surface area (Å²) in [4.78, 5) is 4.12. The Morgan fingerprint density at radius 1 is 1.44 bits per heavy atom. The second-order valence-electron chi connectivity index (χ2n) is 4.57. The maximum Gasteiger partial charge on any atom is 0.137 e. The van der Waals surface area contributed by atoms with E-state index in [-0.39, 0.29) is 0 Å². The van der Waals surface area contributed by atoms with Gasteiger partial charge in [-0.15, -0.1) is 0 Å². The highest BCUT2D eigenvalue weighted by molar-refractivity contribution is 9.10. The lowest BCUT2D eigenvalue weighted by Crippen LogP contribution is -2.22. The Balaban J connectivity index is 1.61. The number of nitrogens with one attached hydrogen (secondary N) is 2. The number of nitrogens with zero attached hydrogens (tertiary/aromatic N) is 2. The molecule has 1 heterocycles. The smallest absolute Gasteiger partial charge is 0.137 e. The molecule has 0 aliphatic heterocycles. The fourth-order valence-electron chi connectivity index (χ4n) is 2.50. The van der Waals surface area contributed by atoms with Gasteiger partial charge in [0.15, 0.2) is 0 Å². The number of aromatic amines is 1. The predicted molar refractivity (Wildman–Crippen MR) is 73.3 cm³/mol. The molecule has 94 valence electrons. The van der Waals surface area contributed by atoms with E-state index < -0.39 is 0 Å². The molecule has 3 rings (SSSR count). The van der Waals surface area contributed by atoms with Crippen molar-refractivity contribution in [1.82, 2.24) is 20.5 Å². The van der Waals surface area contributed by atoms with E-state index in [0.29, 0.717) is 6.04 Å². The van der Waals surface area contributed by atoms with Crippen molar-refractivity contribution in [2.24, 2.45) is 0 Å². The monoisotopic (exact) mass is 306 g/mol. The molecule has 18 heavy (non-hydrogen) atoms. The molecular weight excluding hydrogens is 292 g/mol. The summed E-state index contributed by atoms with van der Waals surface area (Å²) in [6, 6.07) is 7.04. The summed E-state index contributed by atoms with van der Waals surface area (Å²) in [6.07, 6.45) is 4.79. The van der Waals surface area contributed by atoms with Crippen LogP contribution in [0.4, 0.5) is 0 Å². The molecule has 4 nitrogen and oxygen atoms in total. The number of fused-ring (bicyclic) bond motifs is 1. The number of halogens is 1. The molecule has 1 aliphatic carbocycles. The van der Waals surface area contributed by atoms with Crippen molar-refractivity contribution in [1.29, 1.82) is 0 Å². The summed E-state index contributed by atoms with van der Waals surface area (Å²) in [6.45, 7) is 0.922. The van der Waals surface area contributed by atoms with Crippen LogP contribution in [0, 0.1) is 0 Å². The molecule has 5 heteroatoms. The zero-order valence-corrected chi connectivity index (χ0v) is 11.6. The van der Waals surface area contributed by atoms with E-state index in [9.17, 15) is 0 Å². The first kappa shape index (κ1) is 11.9. The lowest BCUT2D eigenvalue weighted by Gasteiger charge is -2.13. The van der Waals surface area contributed by atoms with Gasteiger partial charge in [-0.05, 0) is 36.1 Å². The molecule has 0 bridgehead atoms. The van der Waals surface area contributed by atoms with Crippen molar-refractivity contribution in [2.75, 3.05) is 6.54 Å². The summed E-state index contributed by atoms with van der Waals surface area (Å²) in [5.41, 5.74) is 2.90. The minimum atomic E-state index is 0.473. The average Bonchev–Trinajstić information content (AvgIpc) is 2.99. The first-order chi connectivity index (χ1) is 8.83. The molecule has 2 N–H and O–H groups in total. The molecule has 0 saturated heterocycles. The summed E-state index contributed by atoms with van der Waals surface area (Å²) in [7, 11) is 0. The van der Waals surface area contributed by atoms with Crippen LogP contribution in [0.25, 0.3) is 0 Å². The Hall–Kier alpha value is -1.20. The highest BCUT2D eigenvalue weighted by Gasteiger charge is 2.21. The van der Waals surface area contributed by atoms with Crippen LogP contribution in [0.5, 0.6) is 0 Å². The molecule has 0 radical (unpaired) electrons. The Morgan fingerprint density at radius 3 is 3.22 bits per heavy atom. The van der Waals surface area contributed by atoms with Crippen molar-refractivity contribution in [3.05, 3.63) is 46.0 Å². The Bertz CT molecular complexity index is 524. The summed E-state index contributed by atoms with van der Waals surface area (Å²) in [5, 5.41) is 10.3. The molecule has 1 aromatic heterocycles. The molecule has 0 fully saturated rings. The average molecular weight is 307 g/mol. The highest BCUT2D eigenvalue weighted by Crippen LogP contribution is 2.32. The first-order valence-electron chi connectivity index (χ1n) is 6.19. The highest BCUT2D eigenvalue weighted by atomic mass is 79.9. The second-order valence-corrected chi connectivity index (χ2v) is 5.49. The first-order valence-corrected chi connectivity index (χ1v) is 6.98. The zero-order valence-electron chi connectivity index (χ0n) is 9.99. The van der Waals surface area contributed by atoms with Gasteiger partial charge >= 0.3 is 0 Å². The van der Waals surface area contributed by atoms with Crippen molar-refractivity contribution < 1.29 is 0 Å². The Kier molecular flexibility index (Phi) is 3.43. The van der Waals surface area contributed by atoms with E-state index in [1.165, 1.54) is 24.0 Å². The van der Waals surface area contributed by atoms with E-state index in [0.717, 1.165) is 23.3 Å². The molecule has 0 amide bonds. The predicted octanol–water partition coefficient (Wildman–Crippen LogP) is 2.39. The van der Waals surface area contributed by atoms with E-state index in [4.69, 9.17) is 0 Å². The zero-order chi connectivity index (χ0) is 12.4. The van der Waals surface area contributed by atoms with Crippen molar-refractivity contribution in [3.63, 3.8) is 0 Å². The van der Waals surface area contributed by atoms with Crippen LogP contribution >= 0.6 is 15.9 Å². The van der Waals surface area contributed by atoms with Crippen molar-refractivity contribution in [3.8, 4) is 0 Å². The van der Waals surface area contributed by atoms with Crippen molar-refractivity contribution in [2.45, 2.75) is 25.3 Å². The largest absolute Gasteiger partial charge is 0.309 e. The molecule has 1 aromatic carbocycles. The number of aromatic nitrogens is 3. The molecule has 1 aliphatic rings. The standard InChI is InChI=1S/C13H15BrN4/c14-10-3-1-9-2-4-12(11(9)7-10)15-6-5-13-16-8-17-18-13/h1,3,7-8,12,15H,2,4-6H2,(H,16,17,18). The van der Waals surface area contributed by atoms with Gasteiger partial charge in [-0.25, -0.2) is 4.98 Å². The summed E-state index contributed by atoms with van der Waals surface area (Å²) >= 11 is 3.54. The molecule has 0 spiro atoms. The molecule has 1 unspecified atom stereocenters. The van der Waals surface area contributed by atoms with Crippen LogP contribution in [0.3, 0.4) is 0 Å². The van der Waals surface area contributed by atoms with Gasteiger partial charge in [0.25, 0.3) is 0 Å². The lowest BCUT2D eigenvalue weighted by atomic mass is 10.1. The molecule has 1 atom stereocenters. The van der Waals surface area contributed by atoms with E-state index in [1.807, 2.05) is 0 Å². The number of aryl methyl sites for hydroxylation is 1. The quantitative estimate of drug-likeness (QED) is 0.912. The van der Waals surface area contributed by atoms with Crippen molar-refractivity contribution >= 4 is 15.9 Å². The number of hydrogen-bond acceptors (Lipinski definition) is 3. The summed E-state index contributed by atoms with van der Waals surface area (Å²) < 4.78 is 1.16. The number of benzene rings is 1. The van der Waals surface area contributed by atoms with Gasteiger partial charge in [0.05, 0.1) is 0 Å². The maximum atomic E-state index is 4.12. The van der Waals surface area contributed by atoms with Gasteiger partial charge in [0.2, 0.25) is 0 Å². The number of H-pyrrole nitrogens is 1. The topological polar surface area (TPSA) is 53.6 Å². The van der Waals surface area contributed by atoms with Crippen LogP contribution in [0.15, 0.2) is 29.0 Å². The normalized spacial score (nSPS) is 17.9. The number of hydrogen-bond donors (Lipinski definition) is 2. The lowest BCUT2D eigenvalue weighted by molar-refractivity contribution is 0.529. The fourth-order valence-corrected chi connectivity index (χ4v) is 2.88. The van der Waals surface area contributed by atoms with Gasteiger partial charge in [-0.3, -0.25) is 5.10 Å². The minimum Gasteiger partial charge on any atom is -0.309 e. The van der Waals surface area contributed by atoms with Crippen LogP contribution in [0.1, 0.15) is 29.4 Å². The van der Waals surface area contributed by atoms with Crippen LogP contribution in [-0.4, -0.2) is 21.7 Å². The van der Waals surface area contributed by atoms with Gasteiger partial charge in [0.1, 0.15) is 12.2 Å². The van der Waals surface area contributed by atoms with Crippen LogP contribution < -0.4 is 5.32 Å². The Morgan fingerprint density at radius 2 is 2.39 bits per heavy atom. The molecule has 0 saturated carbocycles. The second kappa shape index (κ2) is 5.20. The van der Waals surface area contributed by atoms with Gasteiger partial charge in [0, 0.05) is 23.5 Å². The third-order valence-electron chi connectivity index (χ3n) is 3.40. The van der Waals surface area contributed by atoms with Gasteiger partial charge in [-0.2, -0.15) is 5.10 Å². The summed E-state index contributed by atoms with van der Waals surface area (Å²) in [5.74, 6) is 0.940. The van der Waals surface area contributed by atoms with Crippen LogP contribution in [-0.2, 0) is 12.8 Å². The third kappa shape index (κ3) is 2.47. The van der Waals surface area contributed by atoms with E-state index in [2.05, 4.69) is 54.6 Å². The van der Waals surface area contributed by atoms with Gasteiger partial charge in [-0.1, -0.05) is 22.0 Å². The Labute approximate surface area is 114 Å². The van der Waals surface area contributed by atoms with E-state index in [1.54, 1.807) is 6.33 Å². The SMILES string of the molecule is Brc1ccc2c(c1)C(NCCc1ncn[nH]1)CC2. The van der Waals surface area contributed by atoms with E-state index >= 15 is 0 Å². The maximum absolute atomic E-state index is 4.12. The fraction of sp³-hybridized carbons (Fsp3) is 0.385. The number of rotatable bonds is 4. The minimum absolute atomic E-state index is 0.473. The van der Waals surface area contributed by atoms with Gasteiger partial charge < -0.3 is 5.32 Å².